The quantitative estimate of drug-likeness (QED) is 0.904. The van der Waals surface area contributed by atoms with E-state index in [2.05, 4.69) is 4.98 Å². The van der Waals surface area contributed by atoms with Crippen LogP contribution in [0.2, 0.25) is 0 Å². The Hall–Kier alpha value is -0.660. The predicted octanol–water partition coefficient (Wildman–Crippen LogP) is 1.70. The summed E-state index contributed by atoms with van der Waals surface area (Å²) in [6.07, 6.45) is 5.38. The minimum atomic E-state index is -3.50. The molecule has 0 radical (unpaired) electrons. The average Bonchev–Trinajstić information content (AvgIpc) is 2.93. The number of nitrogens with zero attached hydrogens (tertiary/aromatic N) is 1. The van der Waals surface area contributed by atoms with E-state index in [4.69, 9.17) is 0 Å². The lowest BCUT2D eigenvalue weighted by atomic mass is 9.86. The van der Waals surface area contributed by atoms with Gasteiger partial charge in [0.15, 0.2) is 4.21 Å². The molecule has 0 spiro atoms. The van der Waals surface area contributed by atoms with Crippen molar-refractivity contribution in [3.05, 3.63) is 15.4 Å². The number of thiazole rings is 1. The van der Waals surface area contributed by atoms with Gasteiger partial charge in [-0.05, 0) is 32.1 Å². The maximum atomic E-state index is 12.7. The van der Waals surface area contributed by atoms with Gasteiger partial charge in [-0.2, -0.15) is 4.31 Å². The van der Waals surface area contributed by atoms with E-state index < -0.39 is 10.0 Å². The van der Waals surface area contributed by atoms with Crippen LogP contribution in [0.3, 0.4) is 0 Å². The molecule has 1 saturated heterocycles. The zero-order valence-corrected chi connectivity index (χ0v) is 12.5. The topological polar surface area (TPSA) is 70.2 Å². The van der Waals surface area contributed by atoms with Crippen LogP contribution in [0.25, 0.3) is 0 Å². The Morgan fingerprint density at radius 1 is 1.26 bits per heavy atom. The molecule has 1 aromatic rings. The predicted molar refractivity (Wildman–Crippen MR) is 73.9 cm³/mol. The first-order chi connectivity index (χ1) is 9.00. The van der Waals surface area contributed by atoms with Crippen molar-refractivity contribution >= 4 is 21.4 Å². The smallest absolute Gasteiger partial charge is 0.305 e. The number of aryl methyl sites for hydroxylation is 1. The molecule has 2 atom stereocenters. The van der Waals surface area contributed by atoms with Gasteiger partial charge in [-0.25, -0.2) is 8.42 Å². The number of sulfonamides is 1. The van der Waals surface area contributed by atoms with E-state index in [-0.39, 0.29) is 15.1 Å². The highest BCUT2D eigenvalue weighted by atomic mass is 32.2. The molecular weight excluding hydrogens is 284 g/mol. The Morgan fingerprint density at radius 2 is 2.00 bits per heavy atom. The van der Waals surface area contributed by atoms with Crippen LogP contribution < -0.4 is 4.87 Å². The fourth-order valence-corrected chi connectivity index (χ4v) is 6.55. The van der Waals surface area contributed by atoms with Crippen molar-refractivity contribution in [2.45, 2.75) is 49.3 Å². The number of H-pyrrole nitrogens is 1. The number of rotatable bonds is 2. The van der Waals surface area contributed by atoms with Crippen LogP contribution in [-0.2, 0) is 10.0 Å². The fraction of sp³-hybridized carbons (Fsp3) is 0.750. The Morgan fingerprint density at radius 3 is 2.68 bits per heavy atom. The van der Waals surface area contributed by atoms with Gasteiger partial charge < -0.3 is 4.98 Å². The van der Waals surface area contributed by atoms with Gasteiger partial charge >= 0.3 is 4.87 Å². The molecule has 0 amide bonds. The van der Waals surface area contributed by atoms with Gasteiger partial charge in [-0.15, -0.1) is 0 Å². The molecule has 19 heavy (non-hydrogen) atoms. The van der Waals surface area contributed by atoms with Gasteiger partial charge in [0.2, 0.25) is 0 Å². The first-order valence-electron chi connectivity index (χ1n) is 6.71. The summed E-state index contributed by atoms with van der Waals surface area (Å²) in [5.74, 6) is 0.513. The monoisotopic (exact) mass is 302 g/mol. The summed E-state index contributed by atoms with van der Waals surface area (Å²) in [5, 5.41) is 0. The van der Waals surface area contributed by atoms with Crippen molar-refractivity contribution in [1.29, 1.82) is 0 Å². The summed E-state index contributed by atoms with van der Waals surface area (Å²) in [4.78, 5) is 13.6. The van der Waals surface area contributed by atoms with Crippen molar-refractivity contribution in [2.24, 2.45) is 5.92 Å². The third kappa shape index (κ3) is 2.17. The van der Waals surface area contributed by atoms with E-state index in [1.165, 1.54) is 6.42 Å². The van der Waals surface area contributed by atoms with Crippen molar-refractivity contribution in [3.63, 3.8) is 0 Å². The van der Waals surface area contributed by atoms with Crippen LogP contribution >= 0.6 is 11.3 Å². The maximum Gasteiger partial charge on any atom is 0.305 e. The third-order valence-corrected chi connectivity index (χ3v) is 7.79. The summed E-state index contributed by atoms with van der Waals surface area (Å²) in [5.41, 5.74) is 0.467. The highest BCUT2D eigenvalue weighted by Crippen LogP contribution is 2.39. The highest BCUT2D eigenvalue weighted by Gasteiger charge is 2.43. The van der Waals surface area contributed by atoms with Crippen molar-refractivity contribution < 1.29 is 8.42 Å². The first kappa shape index (κ1) is 13.3. The molecule has 1 aliphatic heterocycles. The molecule has 1 aliphatic carbocycles. The number of aromatic nitrogens is 1. The minimum absolute atomic E-state index is 0.148. The van der Waals surface area contributed by atoms with E-state index in [1.54, 1.807) is 11.2 Å². The van der Waals surface area contributed by atoms with E-state index in [1.807, 2.05) is 0 Å². The Labute approximate surface area is 116 Å². The molecule has 1 N–H and O–H groups in total. The molecule has 7 heteroatoms. The van der Waals surface area contributed by atoms with Crippen LogP contribution in [0.4, 0.5) is 0 Å². The SMILES string of the molecule is Cc1[nH]c(=O)sc1S(=O)(=O)N1CCC2CCCCC21. The molecule has 5 nitrogen and oxygen atoms in total. The van der Waals surface area contributed by atoms with Crippen LogP contribution in [-0.4, -0.2) is 30.3 Å². The van der Waals surface area contributed by atoms with Gasteiger partial charge in [0.25, 0.3) is 10.0 Å². The average molecular weight is 302 g/mol. The Balaban J connectivity index is 1.97. The van der Waals surface area contributed by atoms with E-state index in [0.717, 1.165) is 37.0 Å². The lowest BCUT2D eigenvalue weighted by Crippen LogP contribution is -2.39. The molecule has 106 valence electrons. The lowest BCUT2D eigenvalue weighted by Gasteiger charge is -2.30. The largest absolute Gasteiger partial charge is 0.315 e. The second-order valence-electron chi connectivity index (χ2n) is 5.44. The van der Waals surface area contributed by atoms with Crippen LogP contribution in [0.1, 0.15) is 37.8 Å². The molecule has 2 aliphatic rings. The Bertz CT molecular complexity index is 632. The van der Waals surface area contributed by atoms with Gasteiger partial charge in [0.1, 0.15) is 0 Å². The summed E-state index contributed by atoms with van der Waals surface area (Å²) < 4.78 is 27.2. The van der Waals surface area contributed by atoms with Gasteiger partial charge in [-0.1, -0.05) is 24.2 Å². The number of hydrogen-bond donors (Lipinski definition) is 1. The lowest BCUT2D eigenvalue weighted by molar-refractivity contribution is 0.260. The van der Waals surface area contributed by atoms with E-state index >= 15 is 0 Å². The standard InChI is InChI=1S/C12H18N2O3S2/c1-8-11(18-12(15)13-8)19(16,17)14-7-6-9-4-2-3-5-10(9)14/h9-10H,2-7H2,1H3,(H,13,15). The molecule has 1 aromatic heterocycles. The molecule has 0 aromatic carbocycles. The zero-order valence-electron chi connectivity index (χ0n) is 10.9. The normalized spacial score (nSPS) is 28.5. The summed E-state index contributed by atoms with van der Waals surface area (Å²) in [7, 11) is -3.50. The highest BCUT2D eigenvalue weighted by molar-refractivity contribution is 7.91. The van der Waals surface area contributed by atoms with E-state index in [9.17, 15) is 13.2 Å². The van der Waals surface area contributed by atoms with Crippen molar-refractivity contribution in [1.82, 2.24) is 9.29 Å². The zero-order chi connectivity index (χ0) is 13.6. The van der Waals surface area contributed by atoms with Gasteiger partial charge in [-0.3, -0.25) is 4.79 Å². The van der Waals surface area contributed by atoms with Crippen LogP contribution in [0, 0.1) is 12.8 Å². The summed E-state index contributed by atoms with van der Waals surface area (Å²) >= 11 is 0.807. The second kappa shape index (κ2) is 4.71. The molecule has 0 bridgehead atoms. The van der Waals surface area contributed by atoms with Crippen LogP contribution in [0.5, 0.6) is 0 Å². The van der Waals surface area contributed by atoms with Gasteiger partial charge in [0, 0.05) is 18.3 Å². The molecule has 2 fully saturated rings. The second-order valence-corrected chi connectivity index (χ2v) is 8.51. The van der Waals surface area contributed by atoms with Crippen molar-refractivity contribution in [3.8, 4) is 0 Å². The number of aromatic amines is 1. The molecular formula is C12H18N2O3S2. The third-order valence-electron chi connectivity index (χ3n) is 4.28. The summed E-state index contributed by atoms with van der Waals surface area (Å²) in [6, 6.07) is 0.148. The molecule has 3 rings (SSSR count). The Kier molecular flexibility index (Phi) is 3.31. The molecule has 2 heterocycles. The minimum Gasteiger partial charge on any atom is -0.315 e. The summed E-state index contributed by atoms with van der Waals surface area (Å²) in [6.45, 7) is 2.25. The van der Waals surface area contributed by atoms with Crippen molar-refractivity contribution in [2.75, 3.05) is 6.54 Å². The first-order valence-corrected chi connectivity index (χ1v) is 8.97. The molecule has 2 unspecified atom stereocenters. The number of hydrogen-bond acceptors (Lipinski definition) is 4. The van der Waals surface area contributed by atoms with Crippen LogP contribution in [0.15, 0.2) is 9.00 Å². The number of nitrogens with one attached hydrogen (secondary N) is 1. The van der Waals surface area contributed by atoms with Gasteiger partial charge in [0.05, 0.1) is 0 Å². The van der Waals surface area contributed by atoms with E-state index in [0.29, 0.717) is 18.2 Å². The maximum absolute atomic E-state index is 12.7. The molecule has 1 saturated carbocycles. The number of fused-ring (bicyclic) bond motifs is 1. The fourth-order valence-electron chi connectivity index (χ4n) is 3.40.